The van der Waals surface area contributed by atoms with Crippen LogP contribution in [-0.2, 0) is 0 Å². The highest BCUT2D eigenvalue weighted by atomic mass is 79.9. The zero-order valence-electron chi connectivity index (χ0n) is 10.3. The number of aryl methyl sites for hydroxylation is 1. The summed E-state index contributed by atoms with van der Waals surface area (Å²) in [6.07, 6.45) is 0. The van der Waals surface area contributed by atoms with Gasteiger partial charge in [-0.1, -0.05) is 11.6 Å². The molecule has 5 heteroatoms. The molecular weight excluding hydrogens is 316 g/mol. The summed E-state index contributed by atoms with van der Waals surface area (Å²) in [7, 11) is 1.63. The first-order valence-electron chi connectivity index (χ1n) is 5.37. The molecule has 1 heterocycles. The number of hydrogen-bond donors (Lipinski definition) is 0. The largest absolute Gasteiger partial charge is 0.496 e. The lowest BCUT2D eigenvalue weighted by Gasteiger charge is -2.08. The molecule has 0 atom stereocenters. The maximum absolute atomic E-state index is 6.08. The topological polar surface area (TPSA) is 35.0 Å². The first-order valence-corrected chi connectivity index (χ1v) is 6.54. The molecule has 0 aliphatic carbocycles. The Balaban J connectivity index is 2.52. The molecule has 3 nitrogen and oxygen atoms in total. The highest BCUT2D eigenvalue weighted by Gasteiger charge is 2.10. The van der Waals surface area contributed by atoms with Crippen molar-refractivity contribution in [1.82, 2.24) is 9.97 Å². The van der Waals surface area contributed by atoms with Gasteiger partial charge in [0.2, 0.25) is 0 Å². The lowest BCUT2D eigenvalue weighted by Crippen LogP contribution is -1.96. The summed E-state index contributed by atoms with van der Waals surface area (Å²) in [5.74, 6) is 1.39. The van der Waals surface area contributed by atoms with Crippen LogP contribution in [0.25, 0.3) is 11.4 Å². The maximum Gasteiger partial charge on any atom is 0.161 e. The molecule has 0 aliphatic rings. The number of halogens is 2. The molecule has 1 aromatic heterocycles. The van der Waals surface area contributed by atoms with Crippen molar-refractivity contribution >= 4 is 27.5 Å². The van der Waals surface area contributed by atoms with E-state index in [-0.39, 0.29) is 0 Å². The van der Waals surface area contributed by atoms with Crippen LogP contribution in [0, 0.1) is 13.8 Å². The summed E-state index contributed by atoms with van der Waals surface area (Å²) in [4.78, 5) is 8.74. The number of nitrogens with zero attached hydrogens (tertiary/aromatic N) is 2. The van der Waals surface area contributed by atoms with E-state index in [1.807, 2.05) is 32.0 Å². The standard InChI is InChI=1S/C13H12BrClN2O/c1-7-8(2)16-13(17-12(7)15)9-4-5-11(18-3)10(14)6-9/h4-6H,1-3H3. The van der Waals surface area contributed by atoms with Crippen molar-refractivity contribution in [2.24, 2.45) is 0 Å². The minimum atomic E-state index is 0.490. The molecule has 0 N–H and O–H groups in total. The van der Waals surface area contributed by atoms with Gasteiger partial charge in [-0.15, -0.1) is 0 Å². The summed E-state index contributed by atoms with van der Waals surface area (Å²) in [5, 5.41) is 0.490. The maximum atomic E-state index is 6.08. The molecule has 0 saturated heterocycles. The summed E-state index contributed by atoms with van der Waals surface area (Å²) in [6.45, 7) is 3.83. The Morgan fingerprint density at radius 3 is 2.50 bits per heavy atom. The van der Waals surface area contributed by atoms with Gasteiger partial charge >= 0.3 is 0 Å². The number of ether oxygens (including phenoxy) is 1. The molecule has 1 aromatic carbocycles. The van der Waals surface area contributed by atoms with Crippen molar-refractivity contribution in [3.05, 3.63) is 39.1 Å². The highest BCUT2D eigenvalue weighted by Crippen LogP contribution is 2.30. The minimum absolute atomic E-state index is 0.490. The predicted molar refractivity (Wildman–Crippen MR) is 76.2 cm³/mol. The van der Waals surface area contributed by atoms with E-state index < -0.39 is 0 Å². The third-order valence-corrected chi connectivity index (χ3v) is 3.73. The molecule has 18 heavy (non-hydrogen) atoms. The summed E-state index contributed by atoms with van der Waals surface area (Å²) in [5.41, 5.74) is 2.69. The van der Waals surface area contributed by atoms with E-state index in [2.05, 4.69) is 25.9 Å². The molecule has 2 aromatic rings. The molecule has 0 amide bonds. The smallest absolute Gasteiger partial charge is 0.161 e. The van der Waals surface area contributed by atoms with Gasteiger partial charge in [0.15, 0.2) is 5.82 Å². The average molecular weight is 328 g/mol. The number of benzene rings is 1. The van der Waals surface area contributed by atoms with Crippen LogP contribution >= 0.6 is 27.5 Å². The van der Waals surface area contributed by atoms with Crippen LogP contribution in [0.1, 0.15) is 11.3 Å². The van der Waals surface area contributed by atoms with E-state index in [9.17, 15) is 0 Å². The van der Waals surface area contributed by atoms with Crippen molar-refractivity contribution in [2.75, 3.05) is 7.11 Å². The number of rotatable bonds is 2. The van der Waals surface area contributed by atoms with E-state index in [4.69, 9.17) is 16.3 Å². The van der Waals surface area contributed by atoms with Crippen LogP contribution < -0.4 is 4.74 Å². The molecule has 94 valence electrons. The Morgan fingerprint density at radius 2 is 1.94 bits per heavy atom. The van der Waals surface area contributed by atoms with Crippen LogP contribution in [0.2, 0.25) is 5.15 Å². The first-order chi connectivity index (χ1) is 8.52. The van der Waals surface area contributed by atoms with Gasteiger partial charge in [-0.3, -0.25) is 0 Å². The fourth-order valence-corrected chi connectivity index (χ4v) is 2.29. The molecule has 0 saturated carbocycles. The lowest BCUT2D eigenvalue weighted by atomic mass is 10.2. The molecule has 0 aliphatic heterocycles. The van der Waals surface area contributed by atoms with Crippen molar-refractivity contribution in [2.45, 2.75) is 13.8 Å². The predicted octanol–water partition coefficient (Wildman–Crippen LogP) is 4.18. The monoisotopic (exact) mass is 326 g/mol. The summed E-state index contributed by atoms with van der Waals surface area (Å²) >= 11 is 9.52. The summed E-state index contributed by atoms with van der Waals surface area (Å²) < 4.78 is 6.05. The second-order valence-electron chi connectivity index (χ2n) is 3.90. The number of hydrogen-bond acceptors (Lipinski definition) is 3. The van der Waals surface area contributed by atoms with E-state index >= 15 is 0 Å². The molecular formula is C13H12BrClN2O. The van der Waals surface area contributed by atoms with E-state index in [0.717, 1.165) is 27.0 Å². The first kappa shape index (κ1) is 13.3. The van der Waals surface area contributed by atoms with Crippen LogP contribution in [0.3, 0.4) is 0 Å². The molecule has 2 rings (SSSR count). The molecule has 0 unspecified atom stereocenters. The average Bonchev–Trinajstić information content (AvgIpc) is 2.35. The number of methoxy groups -OCH3 is 1. The Kier molecular flexibility index (Phi) is 3.88. The Bertz CT molecular complexity index is 579. The summed E-state index contributed by atoms with van der Waals surface area (Å²) in [6, 6.07) is 5.69. The van der Waals surface area contributed by atoms with E-state index in [0.29, 0.717) is 11.0 Å². The van der Waals surface area contributed by atoms with Crippen molar-refractivity contribution in [3.63, 3.8) is 0 Å². The molecule has 0 spiro atoms. The van der Waals surface area contributed by atoms with Crippen molar-refractivity contribution < 1.29 is 4.74 Å². The fourth-order valence-electron chi connectivity index (χ4n) is 1.53. The second kappa shape index (κ2) is 5.24. The van der Waals surface area contributed by atoms with Crippen molar-refractivity contribution in [1.29, 1.82) is 0 Å². The van der Waals surface area contributed by atoms with Gasteiger partial charge in [-0.25, -0.2) is 9.97 Å². The van der Waals surface area contributed by atoms with Crippen LogP contribution in [0.15, 0.2) is 22.7 Å². The second-order valence-corrected chi connectivity index (χ2v) is 5.11. The third-order valence-electron chi connectivity index (χ3n) is 2.74. The lowest BCUT2D eigenvalue weighted by molar-refractivity contribution is 0.412. The van der Waals surface area contributed by atoms with Crippen LogP contribution in [0.5, 0.6) is 5.75 Å². The van der Waals surface area contributed by atoms with Gasteiger partial charge in [0.1, 0.15) is 10.9 Å². The number of aromatic nitrogens is 2. The van der Waals surface area contributed by atoms with Gasteiger partial charge in [-0.2, -0.15) is 0 Å². The quantitative estimate of drug-likeness (QED) is 0.776. The zero-order chi connectivity index (χ0) is 13.3. The van der Waals surface area contributed by atoms with Crippen LogP contribution in [-0.4, -0.2) is 17.1 Å². The Hall–Kier alpha value is -1.13. The minimum Gasteiger partial charge on any atom is -0.496 e. The Labute approximate surface area is 119 Å². The molecule has 0 radical (unpaired) electrons. The van der Waals surface area contributed by atoms with Gasteiger partial charge in [0, 0.05) is 16.8 Å². The van der Waals surface area contributed by atoms with Gasteiger partial charge in [0.25, 0.3) is 0 Å². The SMILES string of the molecule is COc1ccc(-c2nc(C)c(C)c(Cl)n2)cc1Br. The normalized spacial score (nSPS) is 10.5. The molecule has 0 fully saturated rings. The third kappa shape index (κ3) is 2.49. The van der Waals surface area contributed by atoms with Crippen molar-refractivity contribution in [3.8, 4) is 17.1 Å². The van der Waals surface area contributed by atoms with Gasteiger partial charge < -0.3 is 4.74 Å². The van der Waals surface area contributed by atoms with Gasteiger partial charge in [0.05, 0.1) is 11.6 Å². The highest BCUT2D eigenvalue weighted by molar-refractivity contribution is 9.10. The molecule has 0 bridgehead atoms. The van der Waals surface area contributed by atoms with E-state index in [1.165, 1.54) is 0 Å². The van der Waals surface area contributed by atoms with E-state index in [1.54, 1.807) is 7.11 Å². The van der Waals surface area contributed by atoms with Crippen LogP contribution in [0.4, 0.5) is 0 Å². The zero-order valence-corrected chi connectivity index (χ0v) is 12.6. The van der Waals surface area contributed by atoms with Gasteiger partial charge in [-0.05, 0) is 48.0 Å². The fraction of sp³-hybridized carbons (Fsp3) is 0.231. The Morgan fingerprint density at radius 1 is 1.22 bits per heavy atom.